The Morgan fingerprint density at radius 2 is 2.11 bits per heavy atom. The molecule has 2 atom stereocenters. The molecule has 7 heteroatoms. The summed E-state index contributed by atoms with van der Waals surface area (Å²) >= 11 is 7.35. The number of hydrogen-bond acceptors (Lipinski definition) is 5. The summed E-state index contributed by atoms with van der Waals surface area (Å²) in [6.07, 6.45) is 4.11. The summed E-state index contributed by atoms with van der Waals surface area (Å²) in [7, 11) is 0. The van der Waals surface area contributed by atoms with E-state index in [-0.39, 0.29) is 24.2 Å². The zero-order valence-corrected chi connectivity index (χ0v) is 17.0. The van der Waals surface area contributed by atoms with Crippen LogP contribution in [-0.2, 0) is 17.8 Å². The van der Waals surface area contributed by atoms with E-state index >= 15 is 0 Å². The SMILES string of the molecule is O=C(O)c1ccc(CCCC2CCC(=O)[C@@H]2COc2cc(Cl)cc(CO)c2)s1. The van der Waals surface area contributed by atoms with Gasteiger partial charge < -0.3 is 14.9 Å². The first-order chi connectivity index (χ1) is 13.5. The zero-order valence-electron chi connectivity index (χ0n) is 15.4. The van der Waals surface area contributed by atoms with Crippen molar-refractivity contribution < 1.29 is 24.5 Å². The van der Waals surface area contributed by atoms with E-state index in [0.717, 1.165) is 30.6 Å². The maximum atomic E-state index is 12.3. The molecule has 1 heterocycles. The van der Waals surface area contributed by atoms with E-state index in [1.165, 1.54) is 11.3 Å². The molecular formula is C21H23ClO5S. The van der Waals surface area contributed by atoms with Crippen LogP contribution in [0.3, 0.4) is 0 Å². The van der Waals surface area contributed by atoms with Crippen molar-refractivity contribution in [3.63, 3.8) is 0 Å². The molecule has 28 heavy (non-hydrogen) atoms. The van der Waals surface area contributed by atoms with Crippen LogP contribution in [-0.4, -0.2) is 28.6 Å². The van der Waals surface area contributed by atoms with Crippen molar-refractivity contribution in [2.75, 3.05) is 6.61 Å². The standard InChI is InChI=1S/C21H23ClO5S/c22-15-8-13(11-23)9-16(10-15)27-12-18-14(4-6-19(18)24)2-1-3-17-5-7-20(28-17)21(25)26/h5,7-10,14,18,23H,1-4,6,11-12H2,(H,25,26)/t14?,18-/m1/s1. The molecule has 150 valence electrons. The van der Waals surface area contributed by atoms with Crippen molar-refractivity contribution in [3.8, 4) is 5.75 Å². The number of aryl methyl sites for hydroxylation is 1. The van der Waals surface area contributed by atoms with Gasteiger partial charge in [-0.2, -0.15) is 0 Å². The molecule has 0 aliphatic heterocycles. The number of carbonyl (C=O) groups is 2. The summed E-state index contributed by atoms with van der Waals surface area (Å²) in [4.78, 5) is 24.7. The second kappa shape index (κ2) is 9.54. The minimum Gasteiger partial charge on any atom is -0.493 e. The molecule has 2 N–H and O–H groups in total. The molecule has 1 aliphatic rings. The number of ether oxygens (including phenoxy) is 1. The van der Waals surface area contributed by atoms with Crippen LogP contribution in [0.5, 0.6) is 5.75 Å². The van der Waals surface area contributed by atoms with Crippen LogP contribution in [0.4, 0.5) is 0 Å². The lowest BCUT2D eigenvalue weighted by atomic mass is 9.91. The second-order valence-electron chi connectivity index (χ2n) is 7.10. The van der Waals surface area contributed by atoms with Crippen LogP contribution in [0.1, 0.15) is 45.8 Å². The van der Waals surface area contributed by atoms with Gasteiger partial charge in [0, 0.05) is 16.3 Å². The van der Waals surface area contributed by atoms with Crippen molar-refractivity contribution in [2.45, 2.75) is 38.7 Å². The van der Waals surface area contributed by atoms with Crippen molar-refractivity contribution in [1.29, 1.82) is 0 Å². The van der Waals surface area contributed by atoms with Gasteiger partial charge in [0.1, 0.15) is 16.4 Å². The van der Waals surface area contributed by atoms with E-state index in [1.807, 2.05) is 6.07 Å². The molecule has 0 saturated heterocycles. The number of carboxylic acid groups (broad SMARTS) is 1. The molecule has 1 unspecified atom stereocenters. The highest BCUT2D eigenvalue weighted by atomic mass is 35.5. The average Bonchev–Trinajstić information content (AvgIpc) is 3.27. The number of rotatable bonds is 9. The predicted molar refractivity (Wildman–Crippen MR) is 108 cm³/mol. The largest absolute Gasteiger partial charge is 0.493 e. The van der Waals surface area contributed by atoms with Gasteiger partial charge in [0.2, 0.25) is 0 Å². The molecule has 1 aromatic heterocycles. The van der Waals surface area contributed by atoms with E-state index in [0.29, 0.717) is 34.2 Å². The Morgan fingerprint density at radius 3 is 2.82 bits per heavy atom. The molecule has 2 aromatic rings. The van der Waals surface area contributed by atoms with Gasteiger partial charge in [0.15, 0.2) is 0 Å². The minimum atomic E-state index is -0.889. The van der Waals surface area contributed by atoms with Crippen LogP contribution in [0, 0.1) is 11.8 Å². The lowest BCUT2D eigenvalue weighted by molar-refractivity contribution is -0.122. The molecule has 0 spiro atoms. The number of aliphatic hydroxyl groups is 1. The Hall–Kier alpha value is -1.89. The highest BCUT2D eigenvalue weighted by Crippen LogP contribution is 2.34. The molecule has 1 aliphatic carbocycles. The number of halogens is 1. The first-order valence-corrected chi connectivity index (χ1v) is 10.5. The van der Waals surface area contributed by atoms with E-state index in [2.05, 4.69) is 0 Å². The van der Waals surface area contributed by atoms with Crippen LogP contribution in [0.2, 0.25) is 5.02 Å². The Bertz CT molecular complexity index is 847. The predicted octanol–water partition coefficient (Wildman–Crippen LogP) is 4.59. The molecule has 5 nitrogen and oxygen atoms in total. The van der Waals surface area contributed by atoms with Gasteiger partial charge in [-0.3, -0.25) is 4.79 Å². The van der Waals surface area contributed by atoms with Crippen LogP contribution >= 0.6 is 22.9 Å². The van der Waals surface area contributed by atoms with Gasteiger partial charge in [0.25, 0.3) is 0 Å². The molecule has 1 fully saturated rings. The molecule has 1 saturated carbocycles. The Balaban J connectivity index is 1.52. The Kier molecular flexibility index (Phi) is 7.10. The average molecular weight is 423 g/mol. The minimum absolute atomic E-state index is 0.117. The van der Waals surface area contributed by atoms with E-state index in [1.54, 1.807) is 24.3 Å². The van der Waals surface area contributed by atoms with Crippen LogP contribution in [0.15, 0.2) is 30.3 Å². The summed E-state index contributed by atoms with van der Waals surface area (Å²) in [5, 5.41) is 18.8. The topological polar surface area (TPSA) is 83.8 Å². The van der Waals surface area contributed by atoms with Gasteiger partial charge in [-0.25, -0.2) is 4.79 Å². The molecule has 3 rings (SSSR count). The fraction of sp³-hybridized carbons (Fsp3) is 0.429. The molecule has 0 amide bonds. The highest BCUT2D eigenvalue weighted by Gasteiger charge is 2.34. The van der Waals surface area contributed by atoms with Crippen molar-refractivity contribution in [1.82, 2.24) is 0 Å². The quantitative estimate of drug-likeness (QED) is 0.617. The molecular weight excluding hydrogens is 400 g/mol. The number of carboxylic acids is 1. The van der Waals surface area contributed by atoms with Gasteiger partial charge in [-0.1, -0.05) is 11.6 Å². The molecule has 0 bridgehead atoms. The zero-order chi connectivity index (χ0) is 20.1. The molecule has 0 radical (unpaired) electrons. The number of benzene rings is 1. The maximum absolute atomic E-state index is 12.3. The number of Topliss-reactive ketones (excluding diaryl/α,β-unsaturated/α-hetero) is 1. The monoisotopic (exact) mass is 422 g/mol. The van der Waals surface area contributed by atoms with Gasteiger partial charge in [-0.05, 0) is 67.5 Å². The third-order valence-corrected chi connectivity index (χ3v) is 6.51. The third-order valence-electron chi connectivity index (χ3n) is 5.16. The number of aliphatic hydroxyl groups excluding tert-OH is 1. The number of carbonyl (C=O) groups excluding carboxylic acids is 1. The van der Waals surface area contributed by atoms with E-state index < -0.39 is 5.97 Å². The lowest BCUT2D eigenvalue weighted by Gasteiger charge is -2.19. The Labute approximate surface area is 172 Å². The van der Waals surface area contributed by atoms with Gasteiger partial charge >= 0.3 is 5.97 Å². The Morgan fingerprint density at radius 1 is 1.29 bits per heavy atom. The number of thiophene rings is 1. The van der Waals surface area contributed by atoms with Crippen LogP contribution in [0.25, 0.3) is 0 Å². The summed E-state index contributed by atoms with van der Waals surface area (Å²) in [5.41, 5.74) is 0.675. The highest BCUT2D eigenvalue weighted by molar-refractivity contribution is 7.13. The van der Waals surface area contributed by atoms with E-state index in [9.17, 15) is 14.7 Å². The fourth-order valence-corrected chi connectivity index (χ4v) is 4.83. The first kappa shape index (κ1) is 20.8. The smallest absolute Gasteiger partial charge is 0.345 e. The number of aromatic carboxylic acids is 1. The number of ketones is 1. The van der Waals surface area contributed by atoms with Crippen molar-refractivity contribution in [3.05, 3.63) is 50.7 Å². The number of hydrogen-bond donors (Lipinski definition) is 2. The third kappa shape index (κ3) is 5.34. The van der Waals surface area contributed by atoms with Gasteiger partial charge in [0.05, 0.1) is 19.1 Å². The van der Waals surface area contributed by atoms with E-state index in [4.69, 9.17) is 21.4 Å². The first-order valence-electron chi connectivity index (χ1n) is 9.34. The fourth-order valence-electron chi connectivity index (χ4n) is 3.70. The van der Waals surface area contributed by atoms with Crippen LogP contribution < -0.4 is 4.74 Å². The summed E-state index contributed by atoms with van der Waals surface area (Å²) in [6, 6.07) is 8.61. The normalized spacial score (nSPS) is 19.1. The van der Waals surface area contributed by atoms with Gasteiger partial charge in [-0.15, -0.1) is 11.3 Å². The summed E-state index contributed by atoms with van der Waals surface area (Å²) < 4.78 is 5.83. The maximum Gasteiger partial charge on any atom is 0.345 e. The molecule has 1 aromatic carbocycles. The van der Waals surface area contributed by atoms with Crippen molar-refractivity contribution in [2.24, 2.45) is 11.8 Å². The van der Waals surface area contributed by atoms with Crippen molar-refractivity contribution >= 4 is 34.7 Å². The second-order valence-corrected chi connectivity index (χ2v) is 8.70. The lowest BCUT2D eigenvalue weighted by Crippen LogP contribution is -2.23. The summed E-state index contributed by atoms with van der Waals surface area (Å²) in [6.45, 7) is 0.199. The summed E-state index contributed by atoms with van der Waals surface area (Å²) in [5.74, 6) is 0.0612.